The van der Waals surface area contributed by atoms with Crippen molar-refractivity contribution in [1.29, 1.82) is 5.41 Å². The molecule has 3 N–H and O–H groups in total. The molecule has 9 heteroatoms. The van der Waals surface area contributed by atoms with Crippen LogP contribution < -0.4 is 19.9 Å². The van der Waals surface area contributed by atoms with Crippen molar-refractivity contribution in [3.63, 3.8) is 0 Å². The van der Waals surface area contributed by atoms with Gasteiger partial charge in [-0.1, -0.05) is 0 Å². The van der Waals surface area contributed by atoms with Crippen LogP contribution in [-0.4, -0.2) is 56.7 Å². The minimum atomic E-state index is -0.529. The van der Waals surface area contributed by atoms with E-state index in [0.29, 0.717) is 13.1 Å². The molecule has 0 amide bonds. The molecule has 1 heterocycles. The fourth-order valence-corrected chi connectivity index (χ4v) is 2.86. The molecule has 0 bridgehead atoms. The monoisotopic (exact) mass is 379 g/mol. The number of guanidine groups is 1. The number of esters is 2. The van der Waals surface area contributed by atoms with Crippen molar-refractivity contribution in [3.05, 3.63) is 17.7 Å². The number of benzene rings is 1. The molecule has 1 aliphatic heterocycles. The van der Waals surface area contributed by atoms with Crippen LogP contribution >= 0.6 is 0 Å². The second-order valence-corrected chi connectivity index (χ2v) is 6.22. The molecule has 0 aliphatic carbocycles. The first kappa shape index (κ1) is 20.3. The van der Waals surface area contributed by atoms with E-state index in [1.807, 2.05) is 0 Å². The summed E-state index contributed by atoms with van der Waals surface area (Å²) in [7, 11) is 2.80. The zero-order valence-electron chi connectivity index (χ0n) is 15.7. The summed E-state index contributed by atoms with van der Waals surface area (Å²) < 4.78 is 20.9. The lowest BCUT2D eigenvalue weighted by molar-refractivity contribution is -0.132. The largest absolute Gasteiger partial charge is 0.493 e. The Hall–Kier alpha value is -2.97. The Morgan fingerprint density at radius 1 is 1.19 bits per heavy atom. The van der Waals surface area contributed by atoms with Gasteiger partial charge in [-0.05, 0) is 30.9 Å². The van der Waals surface area contributed by atoms with E-state index in [0.717, 1.165) is 12.8 Å². The second kappa shape index (κ2) is 9.11. The van der Waals surface area contributed by atoms with E-state index >= 15 is 0 Å². The van der Waals surface area contributed by atoms with Gasteiger partial charge in [0.05, 0.1) is 26.4 Å². The van der Waals surface area contributed by atoms with E-state index in [1.54, 1.807) is 4.90 Å². The first-order valence-corrected chi connectivity index (χ1v) is 8.56. The minimum Gasteiger partial charge on any atom is -0.493 e. The van der Waals surface area contributed by atoms with Gasteiger partial charge in [0.2, 0.25) is 5.75 Å². The average molecular weight is 379 g/mol. The molecule has 1 aliphatic rings. The summed E-state index contributed by atoms with van der Waals surface area (Å²) in [6.45, 7) is 2.89. The van der Waals surface area contributed by atoms with Gasteiger partial charge in [-0.15, -0.1) is 0 Å². The molecule has 1 saturated heterocycles. The number of nitrogens with two attached hydrogens (primary N) is 1. The van der Waals surface area contributed by atoms with Crippen molar-refractivity contribution in [3.8, 4) is 17.2 Å². The normalized spacial score (nSPS) is 14.4. The third kappa shape index (κ3) is 5.25. The maximum atomic E-state index is 12.4. The third-order valence-corrected chi connectivity index (χ3v) is 4.35. The number of likely N-dealkylation sites (tertiary alicyclic amines) is 1. The first-order chi connectivity index (χ1) is 12.8. The van der Waals surface area contributed by atoms with E-state index in [9.17, 15) is 9.59 Å². The number of piperidine rings is 1. The fourth-order valence-electron chi connectivity index (χ4n) is 2.86. The van der Waals surface area contributed by atoms with Crippen molar-refractivity contribution in [2.24, 2.45) is 11.7 Å². The zero-order chi connectivity index (χ0) is 20.0. The Kier molecular flexibility index (Phi) is 6.86. The highest BCUT2D eigenvalue weighted by Gasteiger charge is 2.23. The maximum Gasteiger partial charge on any atom is 0.338 e. The number of rotatable bonds is 6. The predicted octanol–water partition coefficient (Wildman–Crippen LogP) is 1.39. The van der Waals surface area contributed by atoms with Crippen molar-refractivity contribution >= 4 is 17.9 Å². The minimum absolute atomic E-state index is 0.0671. The van der Waals surface area contributed by atoms with Gasteiger partial charge in [-0.3, -0.25) is 10.2 Å². The number of carbonyl (C=O) groups excluding carboxylic acids is 2. The molecule has 2 rings (SSSR count). The lowest BCUT2D eigenvalue weighted by atomic mass is 9.98. The average Bonchev–Trinajstić information content (AvgIpc) is 2.65. The summed E-state index contributed by atoms with van der Waals surface area (Å²) in [4.78, 5) is 25.5. The Morgan fingerprint density at radius 3 is 2.19 bits per heavy atom. The quantitative estimate of drug-likeness (QED) is 0.329. The van der Waals surface area contributed by atoms with Crippen molar-refractivity contribution in [2.45, 2.75) is 19.8 Å². The molecule has 9 nitrogen and oxygen atoms in total. The van der Waals surface area contributed by atoms with Gasteiger partial charge in [-0.2, -0.15) is 0 Å². The number of ether oxygens (including phenoxy) is 4. The number of methoxy groups -OCH3 is 2. The summed E-state index contributed by atoms with van der Waals surface area (Å²) in [5.74, 6) is -0.252. The Bertz CT molecular complexity index is 688. The highest BCUT2D eigenvalue weighted by Crippen LogP contribution is 2.39. The molecule has 27 heavy (non-hydrogen) atoms. The Morgan fingerprint density at radius 2 is 1.74 bits per heavy atom. The van der Waals surface area contributed by atoms with Crippen LogP contribution in [0.1, 0.15) is 30.1 Å². The molecular formula is C18H25N3O6. The molecule has 148 valence electrons. The third-order valence-electron chi connectivity index (χ3n) is 4.35. The highest BCUT2D eigenvalue weighted by atomic mass is 16.6. The van der Waals surface area contributed by atoms with Gasteiger partial charge >= 0.3 is 11.9 Å². The molecule has 0 unspecified atom stereocenters. The summed E-state index contributed by atoms with van der Waals surface area (Å²) in [6.07, 6.45) is 1.59. The summed E-state index contributed by atoms with van der Waals surface area (Å²) in [5, 5.41) is 7.44. The molecular weight excluding hydrogens is 354 g/mol. The van der Waals surface area contributed by atoms with E-state index in [2.05, 4.69) is 0 Å². The molecule has 0 radical (unpaired) electrons. The zero-order valence-corrected chi connectivity index (χ0v) is 15.7. The standard InChI is InChI=1S/C18H25N3O6/c1-11(22)27-16-14(24-2)8-13(9-15(16)25-3)17(23)26-10-12-4-6-21(7-5-12)18(19)20/h8-9,12H,4-7,10H2,1-3H3,(H3,19,20). The van der Waals surface area contributed by atoms with Crippen LogP contribution in [0.15, 0.2) is 12.1 Å². The van der Waals surface area contributed by atoms with Gasteiger partial charge in [0.25, 0.3) is 0 Å². The van der Waals surface area contributed by atoms with Crippen LogP contribution in [0.25, 0.3) is 0 Å². The smallest absolute Gasteiger partial charge is 0.338 e. The van der Waals surface area contributed by atoms with Crippen LogP contribution in [0.4, 0.5) is 0 Å². The number of hydrogen-bond donors (Lipinski definition) is 2. The van der Waals surface area contributed by atoms with Gasteiger partial charge in [0.15, 0.2) is 17.5 Å². The lowest BCUT2D eigenvalue weighted by Gasteiger charge is -2.31. The van der Waals surface area contributed by atoms with E-state index in [1.165, 1.54) is 33.3 Å². The van der Waals surface area contributed by atoms with Gasteiger partial charge < -0.3 is 29.6 Å². The molecule has 0 aromatic heterocycles. The van der Waals surface area contributed by atoms with E-state index < -0.39 is 11.9 Å². The Balaban J connectivity index is 2.03. The van der Waals surface area contributed by atoms with Gasteiger partial charge in [0, 0.05) is 20.0 Å². The van der Waals surface area contributed by atoms with Crippen molar-refractivity contribution in [2.75, 3.05) is 33.9 Å². The van der Waals surface area contributed by atoms with Crippen LogP contribution in [0, 0.1) is 11.3 Å². The molecule has 1 aromatic carbocycles. The summed E-state index contributed by atoms with van der Waals surface area (Å²) in [6, 6.07) is 2.89. The number of hydrogen-bond acceptors (Lipinski definition) is 7. The van der Waals surface area contributed by atoms with Crippen LogP contribution in [0.3, 0.4) is 0 Å². The van der Waals surface area contributed by atoms with Crippen LogP contribution in [0.5, 0.6) is 17.2 Å². The Labute approximate surface area is 157 Å². The van der Waals surface area contributed by atoms with E-state index in [-0.39, 0.29) is 41.3 Å². The van der Waals surface area contributed by atoms with Crippen molar-refractivity contribution < 1.29 is 28.5 Å². The highest BCUT2D eigenvalue weighted by molar-refractivity contribution is 5.91. The SMILES string of the molecule is COc1cc(C(=O)OCC2CCN(C(=N)N)CC2)cc(OC)c1OC(C)=O. The molecule has 0 atom stereocenters. The topological polar surface area (TPSA) is 124 Å². The summed E-state index contributed by atoms with van der Waals surface area (Å²) in [5.41, 5.74) is 5.71. The summed E-state index contributed by atoms with van der Waals surface area (Å²) >= 11 is 0. The molecule has 1 aromatic rings. The van der Waals surface area contributed by atoms with E-state index in [4.69, 9.17) is 30.1 Å². The van der Waals surface area contributed by atoms with Gasteiger partial charge in [0.1, 0.15) is 0 Å². The lowest BCUT2D eigenvalue weighted by Crippen LogP contribution is -2.42. The first-order valence-electron chi connectivity index (χ1n) is 8.56. The fraction of sp³-hybridized carbons (Fsp3) is 0.500. The molecule has 1 fully saturated rings. The predicted molar refractivity (Wildman–Crippen MR) is 97.3 cm³/mol. The van der Waals surface area contributed by atoms with Crippen LogP contribution in [0.2, 0.25) is 0 Å². The number of nitrogens with zero attached hydrogens (tertiary/aromatic N) is 1. The van der Waals surface area contributed by atoms with Crippen LogP contribution in [-0.2, 0) is 9.53 Å². The maximum absolute atomic E-state index is 12.4. The number of nitrogens with one attached hydrogen (secondary N) is 1. The number of carbonyl (C=O) groups is 2. The van der Waals surface area contributed by atoms with Crippen molar-refractivity contribution in [1.82, 2.24) is 4.90 Å². The second-order valence-electron chi connectivity index (χ2n) is 6.22. The van der Waals surface area contributed by atoms with Gasteiger partial charge in [-0.25, -0.2) is 4.79 Å². The molecule has 0 saturated carbocycles. The molecule has 0 spiro atoms.